The fourth-order valence-electron chi connectivity index (χ4n) is 2.09. The molecule has 2 aromatic rings. The number of hydrogen-bond acceptors (Lipinski definition) is 2. The van der Waals surface area contributed by atoms with E-state index in [0.717, 1.165) is 28.9 Å². The molecular weight excluding hydrogens is 236 g/mol. The number of carbonyl (C=O) groups is 1. The zero-order valence-corrected chi connectivity index (χ0v) is 11.8. The Morgan fingerprint density at radius 3 is 2.26 bits per heavy atom. The minimum Gasteiger partial charge on any atom is -0.457 e. The molecule has 0 saturated carbocycles. The lowest BCUT2D eigenvalue weighted by atomic mass is 10.1. The molecule has 0 fully saturated rings. The van der Waals surface area contributed by atoms with Gasteiger partial charge in [0.05, 0.1) is 0 Å². The summed E-state index contributed by atoms with van der Waals surface area (Å²) in [6.45, 7) is 8.14. The number of hydrogen-bond donors (Lipinski definition) is 0. The second-order valence-corrected chi connectivity index (χ2v) is 4.95. The molecule has 0 N–H and O–H groups in total. The van der Waals surface area contributed by atoms with E-state index in [1.54, 1.807) is 6.07 Å². The first-order valence-corrected chi connectivity index (χ1v) is 6.33. The summed E-state index contributed by atoms with van der Waals surface area (Å²) in [7, 11) is 0. The molecule has 2 heteroatoms. The van der Waals surface area contributed by atoms with Gasteiger partial charge in [-0.2, -0.15) is 0 Å². The van der Waals surface area contributed by atoms with E-state index in [9.17, 15) is 4.79 Å². The van der Waals surface area contributed by atoms with Gasteiger partial charge in [0.15, 0.2) is 0 Å². The highest BCUT2D eigenvalue weighted by molar-refractivity contribution is 5.75. The zero-order chi connectivity index (χ0) is 14.0. The average molecular weight is 254 g/mol. The topological polar surface area (TPSA) is 26.3 Å². The summed E-state index contributed by atoms with van der Waals surface area (Å²) < 4.78 is 5.99. The normalized spacial score (nSPS) is 10.3. The minimum absolute atomic E-state index is 0.669. The van der Waals surface area contributed by atoms with E-state index in [4.69, 9.17) is 4.74 Å². The monoisotopic (exact) mass is 254 g/mol. The summed E-state index contributed by atoms with van der Waals surface area (Å²) in [5.74, 6) is 1.66. The van der Waals surface area contributed by atoms with Crippen molar-refractivity contribution < 1.29 is 9.53 Å². The minimum atomic E-state index is 0.669. The number of benzene rings is 2. The molecule has 0 saturated heterocycles. The number of carbonyl (C=O) groups excluding carboxylic acids is 1. The van der Waals surface area contributed by atoms with E-state index in [2.05, 4.69) is 26.8 Å². The average Bonchev–Trinajstić information content (AvgIpc) is 2.37. The zero-order valence-electron chi connectivity index (χ0n) is 11.8. The van der Waals surface area contributed by atoms with Crippen LogP contribution in [0.1, 0.15) is 32.6 Å². The third-order valence-electron chi connectivity index (χ3n) is 3.32. The lowest BCUT2D eigenvalue weighted by Gasteiger charge is -2.14. The summed E-state index contributed by atoms with van der Waals surface area (Å²) in [4.78, 5) is 10.7. The van der Waals surface area contributed by atoms with Gasteiger partial charge in [-0.1, -0.05) is 6.07 Å². The van der Waals surface area contributed by atoms with Crippen LogP contribution in [0.4, 0.5) is 0 Å². The van der Waals surface area contributed by atoms with Crippen molar-refractivity contribution in [3.05, 3.63) is 58.1 Å². The molecule has 0 aliphatic carbocycles. The Bertz CT molecular complexity index is 627. The second kappa shape index (κ2) is 5.27. The van der Waals surface area contributed by atoms with Crippen LogP contribution in [-0.2, 0) is 0 Å². The molecule has 19 heavy (non-hydrogen) atoms. The van der Waals surface area contributed by atoms with Crippen LogP contribution in [0.2, 0.25) is 0 Å². The maximum atomic E-state index is 10.7. The van der Waals surface area contributed by atoms with Crippen molar-refractivity contribution in [1.29, 1.82) is 0 Å². The summed E-state index contributed by atoms with van der Waals surface area (Å²) in [5, 5.41) is 0. The third kappa shape index (κ3) is 2.84. The molecule has 0 bridgehead atoms. The van der Waals surface area contributed by atoms with Crippen LogP contribution >= 0.6 is 0 Å². The SMILES string of the molecule is Cc1cc(C)c(C)c(Oc2ccc(C=O)cc2C)c1. The molecule has 0 aliphatic rings. The lowest BCUT2D eigenvalue weighted by Crippen LogP contribution is -1.94. The molecule has 0 atom stereocenters. The Morgan fingerprint density at radius 2 is 1.63 bits per heavy atom. The molecule has 0 aromatic heterocycles. The van der Waals surface area contributed by atoms with Gasteiger partial charge in [-0.25, -0.2) is 0 Å². The Morgan fingerprint density at radius 1 is 0.895 bits per heavy atom. The standard InChI is InChI=1S/C17H18O2/c1-11-7-12(2)14(4)17(8-11)19-16-6-5-15(10-18)9-13(16)3/h5-10H,1-4H3. The van der Waals surface area contributed by atoms with E-state index in [0.29, 0.717) is 5.56 Å². The molecule has 98 valence electrons. The van der Waals surface area contributed by atoms with E-state index >= 15 is 0 Å². The molecule has 0 spiro atoms. The summed E-state index contributed by atoms with van der Waals surface area (Å²) in [6.07, 6.45) is 0.846. The van der Waals surface area contributed by atoms with Gasteiger partial charge in [-0.3, -0.25) is 4.79 Å². The van der Waals surface area contributed by atoms with Crippen molar-refractivity contribution in [2.24, 2.45) is 0 Å². The molecule has 0 radical (unpaired) electrons. The molecular formula is C17H18O2. The van der Waals surface area contributed by atoms with Crippen molar-refractivity contribution in [3.63, 3.8) is 0 Å². The molecule has 0 heterocycles. The molecule has 0 unspecified atom stereocenters. The number of ether oxygens (including phenoxy) is 1. The first kappa shape index (κ1) is 13.3. The van der Waals surface area contributed by atoms with Gasteiger partial charge in [0, 0.05) is 5.56 Å². The largest absolute Gasteiger partial charge is 0.457 e. The first-order chi connectivity index (χ1) is 9.01. The first-order valence-electron chi connectivity index (χ1n) is 6.33. The second-order valence-electron chi connectivity index (χ2n) is 4.95. The lowest BCUT2D eigenvalue weighted by molar-refractivity contribution is 0.112. The quantitative estimate of drug-likeness (QED) is 0.752. The van der Waals surface area contributed by atoms with E-state index < -0.39 is 0 Å². The predicted molar refractivity (Wildman–Crippen MR) is 77.3 cm³/mol. The van der Waals surface area contributed by atoms with Crippen LogP contribution in [0.5, 0.6) is 11.5 Å². The van der Waals surface area contributed by atoms with Gasteiger partial charge in [0.1, 0.15) is 17.8 Å². The number of aryl methyl sites for hydroxylation is 3. The number of aldehydes is 1. The van der Waals surface area contributed by atoms with E-state index in [1.165, 1.54) is 11.1 Å². The fraction of sp³-hybridized carbons (Fsp3) is 0.235. The highest BCUT2D eigenvalue weighted by Gasteiger charge is 2.07. The Kier molecular flexibility index (Phi) is 3.70. The summed E-state index contributed by atoms with van der Waals surface area (Å²) >= 11 is 0. The van der Waals surface area contributed by atoms with Crippen molar-refractivity contribution in [2.75, 3.05) is 0 Å². The van der Waals surface area contributed by atoms with Gasteiger partial charge in [-0.05, 0) is 74.2 Å². The molecule has 0 amide bonds. The molecule has 2 nitrogen and oxygen atoms in total. The van der Waals surface area contributed by atoms with Crippen molar-refractivity contribution in [3.8, 4) is 11.5 Å². The van der Waals surface area contributed by atoms with Gasteiger partial charge >= 0.3 is 0 Å². The highest BCUT2D eigenvalue weighted by Crippen LogP contribution is 2.30. The van der Waals surface area contributed by atoms with Crippen LogP contribution in [0, 0.1) is 27.7 Å². The Labute approximate surface area is 114 Å². The van der Waals surface area contributed by atoms with Crippen molar-refractivity contribution in [1.82, 2.24) is 0 Å². The van der Waals surface area contributed by atoms with Gasteiger partial charge in [-0.15, -0.1) is 0 Å². The third-order valence-corrected chi connectivity index (χ3v) is 3.32. The smallest absolute Gasteiger partial charge is 0.150 e. The Hall–Kier alpha value is -2.09. The maximum Gasteiger partial charge on any atom is 0.150 e. The van der Waals surface area contributed by atoms with Crippen LogP contribution in [0.15, 0.2) is 30.3 Å². The van der Waals surface area contributed by atoms with Gasteiger partial charge in [0.2, 0.25) is 0 Å². The van der Waals surface area contributed by atoms with Crippen LogP contribution in [0.25, 0.3) is 0 Å². The van der Waals surface area contributed by atoms with E-state index in [-0.39, 0.29) is 0 Å². The van der Waals surface area contributed by atoms with Gasteiger partial charge in [0.25, 0.3) is 0 Å². The fourth-order valence-corrected chi connectivity index (χ4v) is 2.09. The van der Waals surface area contributed by atoms with Crippen LogP contribution < -0.4 is 4.74 Å². The van der Waals surface area contributed by atoms with Gasteiger partial charge < -0.3 is 4.74 Å². The van der Waals surface area contributed by atoms with E-state index in [1.807, 2.05) is 25.1 Å². The number of rotatable bonds is 3. The maximum absolute atomic E-state index is 10.7. The summed E-state index contributed by atoms with van der Waals surface area (Å²) in [6, 6.07) is 9.63. The van der Waals surface area contributed by atoms with Crippen molar-refractivity contribution in [2.45, 2.75) is 27.7 Å². The highest BCUT2D eigenvalue weighted by atomic mass is 16.5. The molecule has 0 aliphatic heterocycles. The van der Waals surface area contributed by atoms with Crippen LogP contribution in [-0.4, -0.2) is 6.29 Å². The Balaban J connectivity index is 2.39. The summed E-state index contributed by atoms with van der Waals surface area (Å²) in [5.41, 5.74) is 5.17. The molecule has 2 rings (SSSR count). The predicted octanol–water partition coefficient (Wildman–Crippen LogP) is 4.53. The molecule has 2 aromatic carbocycles. The van der Waals surface area contributed by atoms with Crippen LogP contribution in [0.3, 0.4) is 0 Å². The van der Waals surface area contributed by atoms with Crippen molar-refractivity contribution >= 4 is 6.29 Å².